The predicted molar refractivity (Wildman–Crippen MR) is 80.7 cm³/mol. The Balaban J connectivity index is 1.75. The maximum atomic E-state index is 3.54. The average Bonchev–Trinajstić information content (AvgIpc) is 2.77. The van der Waals surface area contributed by atoms with E-state index in [2.05, 4.69) is 57.3 Å². The molecule has 1 aromatic carbocycles. The number of hydrogen-bond acceptors (Lipinski definition) is 2. The van der Waals surface area contributed by atoms with Crippen LogP contribution in [0.4, 0.5) is 0 Å². The smallest absolute Gasteiger partial charge is 0.0234 e. The highest BCUT2D eigenvalue weighted by Crippen LogP contribution is 2.19. The van der Waals surface area contributed by atoms with Crippen LogP contribution >= 0.6 is 15.9 Å². The molecule has 0 bridgehead atoms. The normalized spacial score (nSPS) is 20.4. The third-order valence-electron chi connectivity index (χ3n) is 3.52. The quantitative estimate of drug-likeness (QED) is 0.811. The first kappa shape index (κ1) is 14.0. The van der Waals surface area contributed by atoms with E-state index in [9.17, 15) is 0 Å². The fraction of sp³-hybridized carbons (Fsp3) is 0.600. The SMILES string of the molecule is CCCNCC1CCN(Cc2cccc(Br)c2)C1. The summed E-state index contributed by atoms with van der Waals surface area (Å²) < 4.78 is 1.18. The van der Waals surface area contributed by atoms with Crippen molar-refractivity contribution < 1.29 is 0 Å². The number of hydrogen-bond donors (Lipinski definition) is 1. The molecule has 1 atom stereocenters. The van der Waals surface area contributed by atoms with E-state index >= 15 is 0 Å². The van der Waals surface area contributed by atoms with Crippen molar-refractivity contribution in [3.63, 3.8) is 0 Å². The molecule has 3 heteroatoms. The molecule has 0 aliphatic carbocycles. The molecular formula is C15H23BrN2. The van der Waals surface area contributed by atoms with Crippen molar-refractivity contribution >= 4 is 15.9 Å². The van der Waals surface area contributed by atoms with Crippen LogP contribution in [0.5, 0.6) is 0 Å². The average molecular weight is 311 g/mol. The third kappa shape index (κ3) is 4.38. The summed E-state index contributed by atoms with van der Waals surface area (Å²) in [6.07, 6.45) is 2.57. The third-order valence-corrected chi connectivity index (χ3v) is 4.02. The van der Waals surface area contributed by atoms with Crippen molar-refractivity contribution in [1.29, 1.82) is 0 Å². The maximum absolute atomic E-state index is 3.54. The first-order chi connectivity index (χ1) is 8.78. The summed E-state index contributed by atoms with van der Waals surface area (Å²) in [6.45, 7) is 8.13. The van der Waals surface area contributed by atoms with Gasteiger partial charge in [0.05, 0.1) is 0 Å². The molecule has 1 fully saturated rings. The van der Waals surface area contributed by atoms with Crippen molar-refractivity contribution in [3.8, 4) is 0 Å². The number of nitrogens with one attached hydrogen (secondary N) is 1. The monoisotopic (exact) mass is 310 g/mol. The first-order valence-corrected chi connectivity index (χ1v) is 7.74. The van der Waals surface area contributed by atoms with Gasteiger partial charge in [0.25, 0.3) is 0 Å². The number of halogens is 1. The van der Waals surface area contributed by atoms with Gasteiger partial charge in [-0.25, -0.2) is 0 Å². The summed E-state index contributed by atoms with van der Waals surface area (Å²) in [5.41, 5.74) is 1.41. The van der Waals surface area contributed by atoms with Gasteiger partial charge in [-0.05, 0) is 56.1 Å². The number of nitrogens with zero attached hydrogens (tertiary/aromatic N) is 1. The summed E-state index contributed by atoms with van der Waals surface area (Å²) in [6, 6.07) is 8.65. The molecule has 1 saturated heterocycles. The van der Waals surface area contributed by atoms with E-state index in [0.29, 0.717) is 0 Å². The molecule has 1 unspecified atom stereocenters. The van der Waals surface area contributed by atoms with Crippen molar-refractivity contribution in [3.05, 3.63) is 34.3 Å². The van der Waals surface area contributed by atoms with Gasteiger partial charge in [-0.2, -0.15) is 0 Å². The molecule has 18 heavy (non-hydrogen) atoms. The van der Waals surface area contributed by atoms with Crippen LogP contribution in [0.3, 0.4) is 0 Å². The first-order valence-electron chi connectivity index (χ1n) is 6.95. The van der Waals surface area contributed by atoms with E-state index in [0.717, 1.165) is 19.0 Å². The molecule has 2 rings (SSSR count). The van der Waals surface area contributed by atoms with Gasteiger partial charge in [-0.1, -0.05) is 35.0 Å². The van der Waals surface area contributed by atoms with E-state index in [1.54, 1.807) is 0 Å². The summed E-state index contributed by atoms with van der Waals surface area (Å²) in [4.78, 5) is 2.57. The van der Waals surface area contributed by atoms with Gasteiger partial charge in [0.15, 0.2) is 0 Å². The summed E-state index contributed by atoms with van der Waals surface area (Å²) in [5.74, 6) is 0.837. The van der Waals surface area contributed by atoms with Gasteiger partial charge >= 0.3 is 0 Å². The van der Waals surface area contributed by atoms with E-state index < -0.39 is 0 Å². The lowest BCUT2D eigenvalue weighted by atomic mass is 10.1. The molecule has 1 N–H and O–H groups in total. The highest BCUT2D eigenvalue weighted by molar-refractivity contribution is 9.10. The Labute approximate surface area is 119 Å². The number of likely N-dealkylation sites (tertiary alicyclic amines) is 1. The van der Waals surface area contributed by atoms with Gasteiger partial charge in [0.2, 0.25) is 0 Å². The van der Waals surface area contributed by atoms with Gasteiger partial charge in [0, 0.05) is 17.6 Å². The highest BCUT2D eigenvalue weighted by Gasteiger charge is 2.21. The van der Waals surface area contributed by atoms with Gasteiger partial charge in [-0.15, -0.1) is 0 Å². The zero-order valence-corrected chi connectivity index (χ0v) is 12.7. The van der Waals surface area contributed by atoms with Gasteiger partial charge in [0.1, 0.15) is 0 Å². The molecule has 0 amide bonds. The molecular weight excluding hydrogens is 288 g/mol. The van der Waals surface area contributed by atoms with E-state index in [-0.39, 0.29) is 0 Å². The van der Waals surface area contributed by atoms with Crippen LogP contribution in [0, 0.1) is 5.92 Å². The molecule has 1 aliphatic rings. The fourth-order valence-electron chi connectivity index (χ4n) is 2.60. The molecule has 2 nitrogen and oxygen atoms in total. The van der Waals surface area contributed by atoms with Crippen LogP contribution in [0.2, 0.25) is 0 Å². The van der Waals surface area contributed by atoms with Gasteiger partial charge in [-0.3, -0.25) is 4.90 Å². The summed E-state index contributed by atoms with van der Waals surface area (Å²) in [5, 5.41) is 3.54. The molecule has 1 aliphatic heterocycles. The Bertz CT molecular complexity index is 367. The number of rotatable bonds is 6. The molecule has 1 heterocycles. The molecule has 100 valence electrons. The van der Waals surface area contributed by atoms with Crippen LogP contribution in [0.15, 0.2) is 28.7 Å². The molecule has 0 radical (unpaired) electrons. The highest BCUT2D eigenvalue weighted by atomic mass is 79.9. The number of benzene rings is 1. The largest absolute Gasteiger partial charge is 0.316 e. The summed E-state index contributed by atoms with van der Waals surface area (Å²) in [7, 11) is 0. The lowest BCUT2D eigenvalue weighted by Crippen LogP contribution is -2.26. The Morgan fingerprint density at radius 2 is 2.33 bits per heavy atom. The van der Waals surface area contributed by atoms with Crippen molar-refractivity contribution in [1.82, 2.24) is 10.2 Å². The van der Waals surface area contributed by atoms with E-state index in [1.807, 2.05) is 0 Å². The fourth-order valence-corrected chi connectivity index (χ4v) is 3.05. The van der Waals surface area contributed by atoms with E-state index in [4.69, 9.17) is 0 Å². The Hall–Kier alpha value is -0.380. The Morgan fingerprint density at radius 1 is 1.44 bits per heavy atom. The Kier molecular flexibility index (Phi) is 5.67. The van der Waals surface area contributed by atoms with Crippen molar-refractivity contribution in [2.45, 2.75) is 26.3 Å². The van der Waals surface area contributed by atoms with Crippen LogP contribution < -0.4 is 5.32 Å². The van der Waals surface area contributed by atoms with Crippen LogP contribution in [-0.2, 0) is 6.54 Å². The minimum absolute atomic E-state index is 0.837. The predicted octanol–water partition coefficient (Wildman–Crippen LogP) is 3.27. The minimum atomic E-state index is 0.837. The minimum Gasteiger partial charge on any atom is -0.316 e. The van der Waals surface area contributed by atoms with Crippen LogP contribution in [0.25, 0.3) is 0 Å². The van der Waals surface area contributed by atoms with Crippen LogP contribution in [-0.4, -0.2) is 31.1 Å². The standard InChI is InChI=1S/C15H23BrN2/c1-2-7-17-10-14-6-8-18(12-14)11-13-4-3-5-15(16)9-13/h3-5,9,14,17H,2,6-8,10-12H2,1H3. The molecule has 0 spiro atoms. The second kappa shape index (κ2) is 7.27. The summed E-state index contributed by atoms with van der Waals surface area (Å²) >= 11 is 3.54. The topological polar surface area (TPSA) is 15.3 Å². The second-order valence-electron chi connectivity index (χ2n) is 5.22. The Morgan fingerprint density at radius 3 is 3.11 bits per heavy atom. The van der Waals surface area contributed by atoms with Crippen molar-refractivity contribution in [2.75, 3.05) is 26.2 Å². The van der Waals surface area contributed by atoms with Crippen molar-refractivity contribution in [2.24, 2.45) is 5.92 Å². The van der Waals surface area contributed by atoms with Crippen LogP contribution in [0.1, 0.15) is 25.3 Å². The van der Waals surface area contributed by atoms with Gasteiger partial charge < -0.3 is 5.32 Å². The molecule has 0 aromatic heterocycles. The van der Waals surface area contributed by atoms with E-state index in [1.165, 1.54) is 42.5 Å². The second-order valence-corrected chi connectivity index (χ2v) is 6.14. The zero-order chi connectivity index (χ0) is 12.8. The zero-order valence-electron chi connectivity index (χ0n) is 11.2. The maximum Gasteiger partial charge on any atom is 0.0234 e. The lowest BCUT2D eigenvalue weighted by Gasteiger charge is -2.16. The molecule has 1 aromatic rings. The lowest BCUT2D eigenvalue weighted by molar-refractivity contribution is 0.314. The molecule has 0 saturated carbocycles.